The molecule has 2 rings (SSSR count). The summed E-state index contributed by atoms with van der Waals surface area (Å²) in [6.07, 6.45) is 5.94. The van der Waals surface area contributed by atoms with E-state index < -0.39 is 0 Å². The highest BCUT2D eigenvalue weighted by molar-refractivity contribution is 4.76. The van der Waals surface area contributed by atoms with Gasteiger partial charge in [-0.25, -0.2) is 0 Å². The Morgan fingerprint density at radius 2 is 1.69 bits per heavy atom. The molecule has 0 aromatic rings. The number of nitrogens with zero attached hydrogens (tertiary/aromatic N) is 1. The van der Waals surface area contributed by atoms with E-state index in [1.54, 1.807) is 0 Å². The molecule has 1 saturated heterocycles. The van der Waals surface area contributed by atoms with Crippen LogP contribution >= 0.6 is 0 Å². The summed E-state index contributed by atoms with van der Waals surface area (Å²) in [5.41, 5.74) is 0. The van der Waals surface area contributed by atoms with Gasteiger partial charge >= 0.3 is 0 Å². The summed E-state index contributed by atoms with van der Waals surface area (Å²) in [5.74, 6) is 2.69. The summed E-state index contributed by atoms with van der Waals surface area (Å²) < 4.78 is 0. The second kappa shape index (κ2) is 6.02. The van der Waals surface area contributed by atoms with E-state index in [2.05, 4.69) is 24.1 Å². The van der Waals surface area contributed by atoms with Crippen LogP contribution in [0.4, 0.5) is 0 Å². The predicted molar refractivity (Wildman–Crippen MR) is 69.6 cm³/mol. The maximum absolute atomic E-state index is 3.57. The lowest BCUT2D eigenvalue weighted by Crippen LogP contribution is -2.43. The molecule has 1 N–H and O–H groups in total. The first-order valence-electron chi connectivity index (χ1n) is 7.17. The molecule has 0 aromatic carbocycles. The van der Waals surface area contributed by atoms with Crippen LogP contribution < -0.4 is 5.32 Å². The third-order valence-corrected chi connectivity index (χ3v) is 4.20. The number of hydrogen-bond acceptors (Lipinski definition) is 2. The van der Waals surface area contributed by atoms with Crippen molar-refractivity contribution in [2.75, 3.05) is 32.7 Å². The minimum Gasteiger partial charge on any atom is -0.316 e. The Balaban J connectivity index is 1.74. The van der Waals surface area contributed by atoms with E-state index in [1.165, 1.54) is 58.4 Å². The van der Waals surface area contributed by atoms with Crippen molar-refractivity contribution in [1.82, 2.24) is 10.2 Å². The zero-order valence-corrected chi connectivity index (χ0v) is 11.0. The fourth-order valence-corrected chi connectivity index (χ4v) is 2.99. The second-order valence-corrected chi connectivity index (χ2v) is 6.21. The molecule has 2 heteroatoms. The van der Waals surface area contributed by atoms with E-state index in [1.807, 2.05) is 0 Å². The van der Waals surface area contributed by atoms with E-state index in [0.29, 0.717) is 0 Å². The lowest BCUT2D eigenvalue weighted by molar-refractivity contribution is 0.160. The molecule has 1 aliphatic carbocycles. The Labute approximate surface area is 101 Å². The molecule has 2 atom stereocenters. The molecule has 16 heavy (non-hydrogen) atoms. The first-order valence-corrected chi connectivity index (χ1v) is 7.17. The summed E-state index contributed by atoms with van der Waals surface area (Å²) in [6, 6.07) is 0. The fraction of sp³-hybridized carbons (Fsp3) is 1.00. The molecule has 1 aliphatic heterocycles. The summed E-state index contributed by atoms with van der Waals surface area (Å²) in [4.78, 5) is 2.72. The van der Waals surface area contributed by atoms with E-state index in [0.717, 1.165) is 17.8 Å². The zero-order valence-electron chi connectivity index (χ0n) is 11.0. The number of hydrogen-bond donors (Lipinski definition) is 1. The molecule has 0 radical (unpaired) electrons. The first kappa shape index (κ1) is 12.4. The summed E-state index contributed by atoms with van der Waals surface area (Å²) >= 11 is 0. The topological polar surface area (TPSA) is 15.3 Å². The van der Waals surface area contributed by atoms with Crippen molar-refractivity contribution >= 4 is 0 Å². The molecular formula is C14H28N2. The van der Waals surface area contributed by atoms with Gasteiger partial charge in [0.15, 0.2) is 0 Å². The van der Waals surface area contributed by atoms with Crippen LogP contribution in [0, 0.1) is 17.8 Å². The molecule has 94 valence electrons. The van der Waals surface area contributed by atoms with Crippen molar-refractivity contribution in [1.29, 1.82) is 0 Å². The van der Waals surface area contributed by atoms with Crippen LogP contribution in [0.5, 0.6) is 0 Å². The number of rotatable bonds is 3. The second-order valence-electron chi connectivity index (χ2n) is 6.21. The van der Waals surface area contributed by atoms with Gasteiger partial charge in [0, 0.05) is 13.1 Å². The van der Waals surface area contributed by atoms with Crippen molar-refractivity contribution in [3.05, 3.63) is 0 Å². The molecule has 2 unspecified atom stereocenters. The van der Waals surface area contributed by atoms with Gasteiger partial charge in [-0.2, -0.15) is 0 Å². The largest absolute Gasteiger partial charge is 0.316 e. The fourth-order valence-electron chi connectivity index (χ4n) is 2.99. The van der Waals surface area contributed by atoms with Gasteiger partial charge in [-0.1, -0.05) is 33.1 Å². The SMILES string of the molecule is CC1CNCC(C)CN(CCC2CCC2)C1. The lowest BCUT2D eigenvalue weighted by Gasteiger charge is -2.34. The predicted octanol–water partition coefficient (Wildman–Crippen LogP) is 2.35. The molecule has 1 heterocycles. The normalized spacial score (nSPS) is 34.1. The molecule has 2 nitrogen and oxygen atoms in total. The van der Waals surface area contributed by atoms with Gasteiger partial charge in [-0.15, -0.1) is 0 Å². The Morgan fingerprint density at radius 1 is 1.06 bits per heavy atom. The third-order valence-electron chi connectivity index (χ3n) is 4.20. The average Bonchev–Trinajstić information content (AvgIpc) is 2.12. The summed E-state index contributed by atoms with van der Waals surface area (Å²) in [5, 5.41) is 3.57. The molecule has 0 amide bonds. The maximum atomic E-state index is 3.57. The zero-order chi connectivity index (χ0) is 11.4. The Bertz CT molecular complexity index is 189. The Kier molecular flexibility index (Phi) is 4.66. The molecule has 2 aliphatic rings. The van der Waals surface area contributed by atoms with Crippen LogP contribution in [0.25, 0.3) is 0 Å². The monoisotopic (exact) mass is 224 g/mol. The van der Waals surface area contributed by atoms with Crippen molar-refractivity contribution in [3.63, 3.8) is 0 Å². The molecule has 2 fully saturated rings. The van der Waals surface area contributed by atoms with E-state index in [-0.39, 0.29) is 0 Å². The number of nitrogens with one attached hydrogen (secondary N) is 1. The molecule has 0 bridgehead atoms. The molecule has 1 saturated carbocycles. The smallest absolute Gasteiger partial charge is 0.00193 e. The summed E-state index contributed by atoms with van der Waals surface area (Å²) in [7, 11) is 0. The highest BCUT2D eigenvalue weighted by Gasteiger charge is 2.21. The van der Waals surface area contributed by atoms with E-state index in [9.17, 15) is 0 Å². The standard InChI is InChI=1S/C14H28N2/c1-12-8-15-9-13(2)11-16(10-12)7-6-14-4-3-5-14/h12-15H,3-11H2,1-2H3. The highest BCUT2D eigenvalue weighted by Crippen LogP contribution is 2.29. The van der Waals surface area contributed by atoms with Gasteiger partial charge in [0.25, 0.3) is 0 Å². The maximum Gasteiger partial charge on any atom is 0.00193 e. The lowest BCUT2D eigenvalue weighted by atomic mass is 9.83. The third kappa shape index (κ3) is 3.74. The Hall–Kier alpha value is -0.0800. The van der Waals surface area contributed by atoms with Crippen LogP contribution in [0.3, 0.4) is 0 Å². The van der Waals surface area contributed by atoms with Crippen LogP contribution in [0.1, 0.15) is 39.5 Å². The van der Waals surface area contributed by atoms with Gasteiger partial charge in [0.2, 0.25) is 0 Å². The van der Waals surface area contributed by atoms with Gasteiger partial charge in [-0.05, 0) is 43.8 Å². The van der Waals surface area contributed by atoms with Crippen molar-refractivity contribution in [3.8, 4) is 0 Å². The van der Waals surface area contributed by atoms with Crippen LogP contribution in [0.15, 0.2) is 0 Å². The average molecular weight is 224 g/mol. The molecule has 0 aromatic heterocycles. The van der Waals surface area contributed by atoms with Gasteiger partial charge in [0.1, 0.15) is 0 Å². The summed E-state index contributed by atoms with van der Waals surface area (Å²) in [6.45, 7) is 11.1. The minimum atomic E-state index is 0.814. The van der Waals surface area contributed by atoms with Crippen molar-refractivity contribution in [2.24, 2.45) is 17.8 Å². The molecular weight excluding hydrogens is 196 g/mol. The van der Waals surface area contributed by atoms with E-state index >= 15 is 0 Å². The van der Waals surface area contributed by atoms with Crippen molar-refractivity contribution < 1.29 is 0 Å². The van der Waals surface area contributed by atoms with Gasteiger partial charge in [0.05, 0.1) is 0 Å². The minimum absolute atomic E-state index is 0.814. The molecule has 0 spiro atoms. The Morgan fingerprint density at radius 3 is 2.19 bits per heavy atom. The van der Waals surface area contributed by atoms with E-state index in [4.69, 9.17) is 0 Å². The van der Waals surface area contributed by atoms with Gasteiger partial charge in [-0.3, -0.25) is 0 Å². The van der Waals surface area contributed by atoms with Gasteiger partial charge < -0.3 is 10.2 Å². The first-order chi connectivity index (χ1) is 7.74. The van der Waals surface area contributed by atoms with Crippen LogP contribution in [-0.2, 0) is 0 Å². The van der Waals surface area contributed by atoms with Crippen LogP contribution in [-0.4, -0.2) is 37.6 Å². The quantitative estimate of drug-likeness (QED) is 0.791. The highest BCUT2D eigenvalue weighted by atomic mass is 15.1. The van der Waals surface area contributed by atoms with Crippen molar-refractivity contribution in [2.45, 2.75) is 39.5 Å². The van der Waals surface area contributed by atoms with Crippen LogP contribution in [0.2, 0.25) is 0 Å².